The zero-order valence-corrected chi connectivity index (χ0v) is 15.3. The summed E-state index contributed by atoms with van der Waals surface area (Å²) < 4.78 is 7.41. The average Bonchev–Trinajstić information content (AvgIpc) is 3.16. The predicted octanol–water partition coefficient (Wildman–Crippen LogP) is 3.95. The first kappa shape index (κ1) is 16.6. The Morgan fingerprint density at radius 2 is 1.88 bits per heavy atom. The normalized spacial score (nSPS) is 19.1. The quantitative estimate of drug-likeness (QED) is 0.772. The van der Waals surface area contributed by atoms with E-state index >= 15 is 0 Å². The van der Waals surface area contributed by atoms with E-state index in [9.17, 15) is 0 Å². The maximum atomic E-state index is 5.57. The SMILES string of the molecule is COc1ccccc1C1CC(c2ccc(C(C)C)cc2)Nc2nnnn21. The third-order valence-corrected chi connectivity index (χ3v) is 5.05. The van der Waals surface area contributed by atoms with Gasteiger partial charge in [0.1, 0.15) is 5.75 Å². The van der Waals surface area contributed by atoms with Gasteiger partial charge in [-0.1, -0.05) is 61.4 Å². The Labute approximate surface area is 153 Å². The molecule has 2 heterocycles. The van der Waals surface area contributed by atoms with Crippen LogP contribution in [0.25, 0.3) is 0 Å². The highest BCUT2D eigenvalue weighted by molar-refractivity contribution is 5.42. The summed E-state index contributed by atoms with van der Waals surface area (Å²) in [5.74, 6) is 2.07. The summed E-state index contributed by atoms with van der Waals surface area (Å²) in [5.41, 5.74) is 3.67. The molecule has 6 heteroatoms. The van der Waals surface area contributed by atoms with Crippen molar-refractivity contribution in [2.75, 3.05) is 12.4 Å². The molecule has 26 heavy (non-hydrogen) atoms. The highest BCUT2D eigenvalue weighted by atomic mass is 16.5. The van der Waals surface area contributed by atoms with Crippen LogP contribution in [-0.2, 0) is 0 Å². The largest absolute Gasteiger partial charge is 0.496 e. The third kappa shape index (κ3) is 2.92. The molecule has 2 aromatic carbocycles. The van der Waals surface area contributed by atoms with Gasteiger partial charge in [-0.15, -0.1) is 0 Å². The molecule has 6 nitrogen and oxygen atoms in total. The fourth-order valence-corrected chi connectivity index (χ4v) is 3.57. The van der Waals surface area contributed by atoms with Gasteiger partial charge in [0.25, 0.3) is 0 Å². The van der Waals surface area contributed by atoms with E-state index in [0.717, 1.165) is 17.7 Å². The van der Waals surface area contributed by atoms with Gasteiger partial charge in [0.05, 0.1) is 19.2 Å². The summed E-state index contributed by atoms with van der Waals surface area (Å²) in [6.07, 6.45) is 0.847. The number of hydrogen-bond donors (Lipinski definition) is 1. The zero-order valence-electron chi connectivity index (χ0n) is 15.3. The lowest BCUT2D eigenvalue weighted by Crippen LogP contribution is -2.28. The topological polar surface area (TPSA) is 64.9 Å². The monoisotopic (exact) mass is 349 g/mol. The van der Waals surface area contributed by atoms with Crippen LogP contribution < -0.4 is 10.1 Å². The molecule has 1 N–H and O–H groups in total. The van der Waals surface area contributed by atoms with E-state index in [0.29, 0.717) is 11.9 Å². The summed E-state index contributed by atoms with van der Waals surface area (Å²) in [6.45, 7) is 4.42. The summed E-state index contributed by atoms with van der Waals surface area (Å²) in [6, 6.07) is 17.0. The fraction of sp³-hybridized carbons (Fsp3) is 0.350. The van der Waals surface area contributed by atoms with Gasteiger partial charge in [-0.3, -0.25) is 0 Å². The van der Waals surface area contributed by atoms with E-state index in [1.54, 1.807) is 7.11 Å². The smallest absolute Gasteiger partial charge is 0.243 e. The summed E-state index contributed by atoms with van der Waals surface area (Å²) in [5, 5.41) is 15.7. The fourth-order valence-electron chi connectivity index (χ4n) is 3.57. The Morgan fingerprint density at radius 3 is 2.62 bits per heavy atom. The van der Waals surface area contributed by atoms with E-state index < -0.39 is 0 Å². The third-order valence-electron chi connectivity index (χ3n) is 5.05. The first-order chi connectivity index (χ1) is 12.7. The number of methoxy groups -OCH3 is 1. The number of hydrogen-bond acceptors (Lipinski definition) is 5. The highest BCUT2D eigenvalue weighted by Gasteiger charge is 2.32. The van der Waals surface area contributed by atoms with Crippen molar-refractivity contribution in [1.82, 2.24) is 20.2 Å². The Hall–Kier alpha value is -2.89. The van der Waals surface area contributed by atoms with Crippen molar-refractivity contribution in [1.29, 1.82) is 0 Å². The summed E-state index contributed by atoms with van der Waals surface area (Å²) in [4.78, 5) is 0. The number of ether oxygens (including phenoxy) is 1. The second-order valence-corrected chi connectivity index (χ2v) is 6.96. The van der Waals surface area contributed by atoms with Crippen molar-refractivity contribution in [2.24, 2.45) is 0 Å². The molecular weight excluding hydrogens is 326 g/mol. The Kier molecular flexibility index (Phi) is 4.32. The van der Waals surface area contributed by atoms with Crippen molar-refractivity contribution in [3.63, 3.8) is 0 Å². The van der Waals surface area contributed by atoms with Crippen LogP contribution in [-0.4, -0.2) is 27.3 Å². The van der Waals surface area contributed by atoms with Crippen LogP contribution in [0.2, 0.25) is 0 Å². The van der Waals surface area contributed by atoms with Crippen LogP contribution in [0.1, 0.15) is 55.0 Å². The molecule has 0 spiro atoms. The van der Waals surface area contributed by atoms with E-state index in [1.807, 2.05) is 22.9 Å². The number of nitrogens with zero attached hydrogens (tertiary/aromatic N) is 4. The Balaban J connectivity index is 1.70. The van der Waals surface area contributed by atoms with E-state index in [-0.39, 0.29) is 12.1 Å². The van der Waals surface area contributed by atoms with Gasteiger partial charge in [0.2, 0.25) is 5.95 Å². The number of fused-ring (bicyclic) bond motifs is 1. The second-order valence-electron chi connectivity index (χ2n) is 6.96. The molecule has 1 aliphatic heterocycles. The minimum Gasteiger partial charge on any atom is -0.496 e. The predicted molar refractivity (Wildman–Crippen MR) is 100 cm³/mol. The van der Waals surface area contributed by atoms with Gasteiger partial charge in [-0.25, -0.2) is 4.68 Å². The number of anilines is 1. The molecule has 2 atom stereocenters. The minimum absolute atomic E-state index is 0.0205. The molecule has 2 unspecified atom stereocenters. The molecule has 1 aromatic heterocycles. The van der Waals surface area contributed by atoms with Crippen LogP contribution in [0.3, 0.4) is 0 Å². The van der Waals surface area contributed by atoms with Crippen LogP contribution in [0.15, 0.2) is 48.5 Å². The lowest BCUT2D eigenvalue weighted by atomic mass is 9.91. The highest BCUT2D eigenvalue weighted by Crippen LogP contribution is 2.40. The van der Waals surface area contributed by atoms with E-state index in [1.165, 1.54) is 11.1 Å². The van der Waals surface area contributed by atoms with E-state index in [4.69, 9.17) is 4.74 Å². The molecule has 1 aliphatic rings. The number of tetrazole rings is 1. The van der Waals surface area contributed by atoms with Crippen LogP contribution in [0, 0.1) is 0 Å². The number of para-hydroxylation sites is 1. The van der Waals surface area contributed by atoms with Crippen LogP contribution in [0.5, 0.6) is 5.75 Å². The molecule has 0 aliphatic carbocycles. The molecule has 0 bridgehead atoms. The van der Waals surface area contributed by atoms with Crippen molar-refractivity contribution < 1.29 is 4.74 Å². The van der Waals surface area contributed by atoms with Crippen LogP contribution in [0.4, 0.5) is 5.95 Å². The maximum absolute atomic E-state index is 5.57. The molecule has 0 fully saturated rings. The molecule has 0 saturated carbocycles. The van der Waals surface area contributed by atoms with Gasteiger partial charge >= 0.3 is 0 Å². The van der Waals surface area contributed by atoms with Gasteiger partial charge in [0, 0.05) is 5.56 Å². The standard InChI is InChI=1S/C20H23N5O/c1-13(2)14-8-10-15(11-9-14)17-12-18(25-20(21-17)22-23-24-25)16-6-4-5-7-19(16)26-3/h4-11,13,17-18H,12H2,1-3H3,(H,21,22,24). The van der Waals surface area contributed by atoms with Gasteiger partial charge < -0.3 is 10.1 Å². The lowest BCUT2D eigenvalue weighted by Gasteiger charge is -2.31. The Bertz CT molecular complexity index is 887. The van der Waals surface area contributed by atoms with Crippen molar-refractivity contribution in [2.45, 2.75) is 38.3 Å². The summed E-state index contributed by atoms with van der Waals surface area (Å²) >= 11 is 0. The second kappa shape index (κ2) is 6.78. The first-order valence-corrected chi connectivity index (χ1v) is 8.94. The molecule has 3 aromatic rings. The van der Waals surface area contributed by atoms with Crippen LogP contribution >= 0.6 is 0 Å². The number of rotatable bonds is 4. The average molecular weight is 349 g/mol. The van der Waals surface area contributed by atoms with Crippen molar-refractivity contribution in [3.8, 4) is 5.75 Å². The minimum atomic E-state index is 0.0205. The molecular formula is C20H23N5O. The summed E-state index contributed by atoms with van der Waals surface area (Å²) in [7, 11) is 1.70. The Morgan fingerprint density at radius 1 is 1.12 bits per heavy atom. The number of nitrogens with one attached hydrogen (secondary N) is 1. The first-order valence-electron chi connectivity index (χ1n) is 8.94. The number of aromatic nitrogens is 4. The molecule has 0 radical (unpaired) electrons. The molecule has 134 valence electrons. The lowest BCUT2D eigenvalue weighted by molar-refractivity contribution is 0.377. The van der Waals surface area contributed by atoms with Gasteiger partial charge in [0.15, 0.2) is 0 Å². The van der Waals surface area contributed by atoms with Crippen molar-refractivity contribution in [3.05, 3.63) is 65.2 Å². The van der Waals surface area contributed by atoms with Gasteiger partial charge in [-0.2, -0.15) is 0 Å². The number of benzene rings is 2. The van der Waals surface area contributed by atoms with Gasteiger partial charge in [-0.05, 0) is 40.0 Å². The maximum Gasteiger partial charge on any atom is 0.243 e. The van der Waals surface area contributed by atoms with E-state index in [2.05, 4.69) is 65.0 Å². The zero-order chi connectivity index (χ0) is 18.1. The van der Waals surface area contributed by atoms with Crippen molar-refractivity contribution >= 4 is 5.95 Å². The molecule has 0 amide bonds. The molecule has 0 saturated heterocycles. The molecule has 4 rings (SSSR count).